The number of aromatic nitrogens is 3. The molecule has 1 aliphatic heterocycles. The van der Waals surface area contributed by atoms with E-state index in [9.17, 15) is 14.4 Å². The summed E-state index contributed by atoms with van der Waals surface area (Å²) in [5.74, 6) is -1.91. The first-order chi connectivity index (χ1) is 12.0. The van der Waals surface area contributed by atoms with Crippen molar-refractivity contribution < 1.29 is 19.5 Å². The van der Waals surface area contributed by atoms with E-state index in [1.807, 2.05) is 6.07 Å². The number of Topliss-reactive ketones (excluding diaryl/α,β-unsaturated/α-hetero) is 1. The van der Waals surface area contributed by atoms with Crippen LogP contribution in [0.3, 0.4) is 0 Å². The predicted molar refractivity (Wildman–Crippen MR) is 88.0 cm³/mol. The Kier molecular flexibility index (Phi) is 4.69. The summed E-state index contributed by atoms with van der Waals surface area (Å²) < 4.78 is 3.43. The molecule has 3 heterocycles. The molecule has 25 heavy (non-hydrogen) atoms. The molecular weight excluding hydrogens is 324 g/mol. The summed E-state index contributed by atoms with van der Waals surface area (Å²) in [5, 5.41) is 13.2. The molecule has 8 heteroatoms. The number of ketones is 1. The quantitative estimate of drug-likeness (QED) is 0.641. The maximum atomic E-state index is 12.6. The lowest BCUT2D eigenvalue weighted by molar-refractivity contribution is -0.137. The van der Waals surface area contributed by atoms with E-state index in [0.29, 0.717) is 43.9 Å². The molecule has 0 saturated heterocycles. The molecule has 0 fully saturated rings. The minimum atomic E-state index is -0.867. The number of carboxylic acids is 1. The van der Waals surface area contributed by atoms with Crippen LogP contribution in [0.1, 0.15) is 34.7 Å². The maximum absolute atomic E-state index is 12.6. The standard InChI is InChI=1S/C17H20N4O4/c1-19-7-2-4-14(19)16(24)17(25)20-8-3-9-21-13(11-20)10-12(18-21)5-6-15(22)23/h2,4,7,10H,3,5-6,8-9,11H2,1H3,(H,22,23). The van der Waals surface area contributed by atoms with Crippen molar-refractivity contribution >= 4 is 17.7 Å². The fraction of sp³-hybridized carbons (Fsp3) is 0.412. The third-order valence-corrected chi connectivity index (χ3v) is 4.32. The Bertz CT molecular complexity index is 820. The van der Waals surface area contributed by atoms with Gasteiger partial charge in [0, 0.05) is 32.8 Å². The number of rotatable bonds is 5. The van der Waals surface area contributed by atoms with Crippen LogP contribution in [-0.4, -0.2) is 48.6 Å². The summed E-state index contributed by atoms with van der Waals surface area (Å²) in [7, 11) is 1.73. The number of aliphatic carboxylic acids is 1. The molecular formula is C17H20N4O4. The van der Waals surface area contributed by atoms with Crippen LogP contribution in [0.25, 0.3) is 0 Å². The molecule has 0 radical (unpaired) electrons. The van der Waals surface area contributed by atoms with Crippen molar-refractivity contribution in [2.24, 2.45) is 7.05 Å². The Morgan fingerprint density at radius 3 is 2.76 bits per heavy atom. The van der Waals surface area contributed by atoms with Crippen molar-refractivity contribution in [3.8, 4) is 0 Å². The van der Waals surface area contributed by atoms with E-state index in [4.69, 9.17) is 5.11 Å². The van der Waals surface area contributed by atoms with Crippen molar-refractivity contribution in [2.75, 3.05) is 6.54 Å². The molecule has 0 aliphatic carbocycles. The van der Waals surface area contributed by atoms with E-state index in [1.165, 1.54) is 4.90 Å². The summed E-state index contributed by atoms with van der Waals surface area (Å²) >= 11 is 0. The lowest BCUT2D eigenvalue weighted by Gasteiger charge is -2.19. The number of fused-ring (bicyclic) bond motifs is 1. The molecule has 0 bridgehead atoms. The zero-order valence-corrected chi connectivity index (χ0v) is 14.0. The minimum absolute atomic E-state index is 0.0189. The highest BCUT2D eigenvalue weighted by atomic mass is 16.4. The van der Waals surface area contributed by atoms with E-state index >= 15 is 0 Å². The number of carbonyl (C=O) groups excluding carboxylic acids is 2. The van der Waals surface area contributed by atoms with Gasteiger partial charge in [-0.1, -0.05) is 0 Å². The molecule has 0 unspecified atom stereocenters. The fourth-order valence-corrected chi connectivity index (χ4v) is 3.00. The van der Waals surface area contributed by atoms with Crippen LogP contribution in [0.4, 0.5) is 0 Å². The first kappa shape index (κ1) is 16.9. The van der Waals surface area contributed by atoms with Crippen molar-refractivity contribution in [2.45, 2.75) is 32.4 Å². The van der Waals surface area contributed by atoms with Gasteiger partial charge in [0.25, 0.3) is 11.7 Å². The van der Waals surface area contributed by atoms with Crippen LogP contribution in [0.5, 0.6) is 0 Å². The molecule has 8 nitrogen and oxygen atoms in total. The number of amides is 1. The van der Waals surface area contributed by atoms with Crippen LogP contribution in [0.2, 0.25) is 0 Å². The third kappa shape index (κ3) is 3.62. The molecule has 3 rings (SSSR count). The average molecular weight is 344 g/mol. The molecule has 2 aromatic rings. The van der Waals surface area contributed by atoms with Gasteiger partial charge in [0.05, 0.1) is 30.0 Å². The van der Waals surface area contributed by atoms with Gasteiger partial charge in [-0.15, -0.1) is 0 Å². The monoisotopic (exact) mass is 344 g/mol. The lowest BCUT2D eigenvalue weighted by Crippen LogP contribution is -2.37. The minimum Gasteiger partial charge on any atom is -0.481 e. The van der Waals surface area contributed by atoms with Gasteiger partial charge in [-0.25, -0.2) is 0 Å². The molecule has 0 atom stereocenters. The van der Waals surface area contributed by atoms with Gasteiger partial charge in [-0.2, -0.15) is 5.10 Å². The van der Waals surface area contributed by atoms with Gasteiger partial charge >= 0.3 is 5.97 Å². The summed E-state index contributed by atoms with van der Waals surface area (Å²) in [6, 6.07) is 5.18. The molecule has 2 aromatic heterocycles. The summed E-state index contributed by atoms with van der Waals surface area (Å²) in [4.78, 5) is 37.3. The van der Waals surface area contributed by atoms with Gasteiger partial charge in [-0.3, -0.25) is 19.1 Å². The highest BCUT2D eigenvalue weighted by Crippen LogP contribution is 2.16. The first-order valence-electron chi connectivity index (χ1n) is 8.18. The second-order valence-corrected chi connectivity index (χ2v) is 6.16. The topological polar surface area (TPSA) is 97.4 Å². The summed E-state index contributed by atoms with van der Waals surface area (Å²) in [6.45, 7) is 1.43. The number of hydrogen-bond donors (Lipinski definition) is 1. The van der Waals surface area contributed by atoms with Crippen LogP contribution < -0.4 is 0 Å². The molecule has 0 aromatic carbocycles. The SMILES string of the molecule is Cn1cccc1C(=O)C(=O)N1CCCn2nc(CCC(=O)O)cc2C1. The van der Waals surface area contributed by atoms with Gasteiger partial charge < -0.3 is 14.6 Å². The third-order valence-electron chi connectivity index (χ3n) is 4.32. The van der Waals surface area contributed by atoms with Crippen LogP contribution in [0, 0.1) is 0 Å². The van der Waals surface area contributed by atoms with Crippen molar-refractivity contribution in [3.05, 3.63) is 41.5 Å². The van der Waals surface area contributed by atoms with Gasteiger partial charge in [0.15, 0.2) is 0 Å². The second-order valence-electron chi connectivity index (χ2n) is 6.16. The van der Waals surface area contributed by atoms with Crippen molar-refractivity contribution in [1.82, 2.24) is 19.2 Å². The van der Waals surface area contributed by atoms with Crippen LogP contribution in [0.15, 0.2) is 24.4 Å². The maximum Gasteiger partial charge on any atom is 0.303 e. The molecule has 1 N–H and O–H groups in total. The number of nitrogens with zero attached hydrogens (tertiary/aromatic N) is 4. The zero-order chi connectivity index (χ0) is 18.0. The lowest BCUT2D eigenvalue weighted by atomic mass is 10.2. The van der Waals surface area contributed by atoms with Crippen LogP contribution >= 0.6 is 0 Å². The van der Waals surface area contributed by atoms with Gasteiger partial charge in [0.2, 0.25) is 0 Å². The zero-order valence-electron chi connectivity index (χ0n) is 14.0. The van der Waals surface area contributed by atoms with E-state index < -0.39 is 17.7 Å². The Morgan fingerprint density at radius 1 is 1.28 bits per heavy atom. The Hall–Kier alpha value is -2.90. The van der Waals surface area contributed by atoms with Crippen molar-refractivity contribution in [1.29, 1.82) is 0 Å². The second kappa shape index (κ2) is 6.92. The van der Waals surface area contributed by atoms with E-state index in [-0.39, 0.29) is 6.42 Å². The van der Waals surface area contributed by atoms with Gasteiger partial charge in [0.1, 0.15) is 0 Å². The first-order valence-corrected chi connectivity index (χ1v) is 8.18. The highest BCUT2D eigenvalue weighted by Gasteiger charge is 2.27. The summed E-state index contributed by atoms with van der Waals surface area (Å²) in [5.41, 5.74) is 1.89. The smallest absolute Gasteiger partial charge is 0.303 e. The molecule has 0 spiro atoms. The van der Waals surface area contributed by atoms with E-state index in [2.05, 4.69) is 5.10 Å². The normalized spacial score (nSPS) is 14.0. The van der Waals surface area contributed by atoms with Crippen LogP contribution in [-0.2, 0) is 36.1 Å². The Balaban J connectivity index is 1.74. The molecule has 132 valence electrons. The molecule has 1 amide bonds. The Labute approximate surface area is 144 Å². The number of aryl methyl sites for hydroxylation is 3. The number of hydrogen-bond acceptors (Lipinski definition) is 4. The predicted octanol–water partition coefficient (Wildman–Crippen LogP) is 0.854. The summed E-state index contributed by atoms with van der Waals surface area (Å²) in [6.07, 6.45) is 2.79. The van der Waals surface area contributed by atoms with Crippen molar-refractivity contribution in [3.63, 3.8) is 0 Å². The van der Waals surface area contributed by atoms with E-state index in [0.717, 1.165) is 5.69 Å². The number of carbonyl (C=O) groups is 3. The largest absolute Gasteiger partial charge is 0.481 e. The van der Waals surface area contributed by atoms with E-state index in [1.54, 1.807) is 34.6 Å². The fourth-order valence-electron chi connectivity index (χ4n) is 3.00. The molecule has 1 aliphatic rings. The Morgan fingerprint density at radius 2 is 2.08 bits per heavy atom. The number of carboxylic acid groups (broad SMARTS) is 1. The van der Waals surface area contributed by atoms with Gasteiger partial charge in [-0.05, 0) is 24.6 Å². The highest BCUT2D eigenvalue weighted by molar-refractivity contribution is 6.42. The molecule has 0 saturated carbocycles. The average Bonchev–Trinajstić information content (AvgIpc) is 3.12.